The number of fused-ring (bicyclic) bond motifs is 1. The van der Waals surface area contributed by atoms with Crippen LogP contribution in [0.25, 0.3) is 0 Å². The molecule has 21 heavy (non-hydrogen) atoms. The van der Waals surface area contributed by atoms with Gasteiger partial charge in [-0.2, -0.15) is 0 Å². The van der Waals surface area contributed by atoms with Crippen molar-refractivity contribution < 1.29 is 9.53 Å². The molecule has 1 aromatic rings. The lowest BCUT2D eigenvalue weighted by molar-refractivity contribution is -0.127. The fourth-order valence-electron chi connectivity index (χ4n) is 3.21. The number of para-hydroxylation sites is 1. The Balaban J connectivity index is 0.00000161. The lowest BCUT2D eigenvalue weighted by Crippen LogP contribution is -2.46. The van der Waals surface area contributed by atoms with Crippen molar-refractivity contribution in [3.8, 4) is 5.75 Å². The Labute approximate surface area is 131 Å². The number of hydrogen-bond acceptors (Lipinski definition) is 3. The minimum atomic E-state index is 0. The number of benzene rings is 1. The Morgan fingerprint density at radius 3 is 2.90 bits per heavy atom. The molecule has 3 unspecified atom stereocenters. The molecule has 0 radical (unpaired) electrons. The molecule has 0 spiro atoms. The van der Waals surface area contributed by atoms with Crippen molar-refractivity contribution in [3.63, 3.8) is 0 Å². The van der Waals surface area contributed by atoms with Crippen LogP contribution in [0.1, 0.15) is 31.2 Å². The number of carbonyl (C=O) groups is 1. The van der Waals surface area contributed by atoms with E-state index in [9.17, 15) is 4.79 Å². The van der Waals surface area contributed by atoms with Gasteiger partial charge in [0.2, 0.25) is 5.91 Å². The summed E-state index contributed by atoms with van der Waals surface area (Å²) in [7, 11) is 0. The molecule has 0 saturated heterocycles. The van der Waals surface area contributed by atoms with E-state index in [0.29, 0.717) is 6.61 Å². The number of rotatable bonds is 2. The van der Waals surface area contributed by atoms with Gasteiger partial charge in [0.1, 0.15) is 12.4 Å². The third-order valence-electron chi connectivity index (χ3n) is 4.31. The summed E-state index contributed by atoms with van der Waals surface area (Å²) in [6.45, 7) is 0.557. The van der Waals surface area contributed by atoms with Crippen molar-refractivity contribution in [2.45, 2.75) is 44.2 Å². The molecule has 1 aliphatic heterocycles. The van der Waals surface area contributed by atoms with Crippen LogP contribution in [0.2, 0.25) is 0 Å². The van der Waals surface area contributed by atoms with E-state index in [1.165, 1.54) is 5.56 Å². The fourth-order valence-corrected chi connectivity index (χ4v) is 3.21. The van der Waals surface area contributed by atoms with Gasteiger partial charge in [0.15, 0.2) is 0 Å². The van der Waals surface area contributed by atoms with E-state index in [2.05, 4.69) is 11.4 Å². The fraction of sp³-hybridized carbons (Fsp3) is 0.562. The van der Waals surface area contributed by atoms with Crippen molar-refractivity contribution in [2.24, 2.45) is 11.7 Å². The first-order chi connectivity index (χ1) is 9.72. The van der Waals surface area contributed by atoms with Crippen molar-refractivity contribution in [2.75, 3.05) is 6.61 Å². The molecule has 2 aliphatic rings. The van der Waals surface area contributed by atoms with E-state index in [-0.39, 0.29) is 36.3 Å². The summed E-state index contributed by atoms with van der Waals surface area (Å²) in [6, 6.07) is 8.28. The molecule has 5 heteroatoms. The van der Waals surface area contributed by atoms with E-state index in [1.54, 1.807) is 0 Å². The van der Waals surface area contributed by atoms with Crippen LogP contribution in [0.3, 0.4) is 0 Å². The number of nitrogens with one attached hydrogen (secondary N) is 1. The van der Waals surface area contributed by atoms with Gasteiger partial charge >= 0.3 is 0 Å². The maximum absolute atomic E-state index is 12.3. The van der Waals surface area contributed by atoms with Crippen LogP contribution < -0.4 is 15.8 Å². The molecule has 1 aromatic carbocycles. The predicted molar refractivity (Wildman–Crippen MR) is 84.8 cm³/mol. The van der Waals surface area contributed by atoms with E-state index >= 15 is 0 Å². The lowest BCUT2D eigenvalue weighted by atomic mass is 9.85. The van der Waals surface area contributed by atoms with Crippen LogP contribution >= 0.6 is 12.4 Å². The first-order valence-corrected chi connectivity index (χ1v) is 7.49. The lowest BCUT2D eigenvalue weighted by Gasteiger charge is -2.30. The average Bonchev–Trinajstić information content (AvgIpc) is 2.47. The third kappa shape index (κ3) is 3.89. The third-order valence-corrected chi connectivity index (χ3v) is 4.31. The van der Waals surface area contributed by atoms with Gasteiger partial charge in [-0.1, -0.05) is 24.6 Å². The van der Waals surface area contributed by atoms with Crippen LogP contribution in [0.15, 0.2) is 24.3 Å². The first-order valence-electron chi connectivity index (χ1n) is 7.49. The Morgan fingerprint density at radius 2 is 2.10 bits per heavy atom. The summed E-state index contributed by atoms with van der Waals surface area (Å²) in [6.07, 6.45) is 4.73. The smallest absolute Gasteiger partial charge is 0.223 e. The monoisotopic (exact) mass is 310 g/mol. The number of ether oxygens (including phenoxy) is 1. The largest absolute Gasteiger partial charge is 0.491 e. The summed E-state index contributed by atoms with van der Waals surface area (Å²) < 4.78 is 5.71. The van der Waals surface area contributed by atoms with Crippen molar-refractivity contribution in [1.82, 2.24) is 5.32 Å². The molecule has 3 atom stereocenters. The van der Waals surface area contributed by atoms with E-state index in [4.69, 9.17) is 10.5 Å². The molecule has 1 aliphatic carbocycles. The van der Waals surface area contributed by atoms with Gasteiger partial charge < -0.3 is 15.8 Å². The number of nitrogens with two attached hydrogens (primary N) is 1. The van der Waals surface area contributed by atoms with Gasteiger partial charge in [-0.3, -0.25) is 4.79 Å². The van der Waals surface area contributed by atoms with Crippen LogP contribution in [0, 0.1) is 5.92 Å². The number of halogens is 1. The van der Waals surface area contributed by atoms with Gasteiger partial charge in [-0.15, -0.1) is 12.4 Å². The molecule has 3 rings (SSSR count). The van der Waals surface area contributed by atoms with Gasteiger partial charge in [0, 0.05) is 12.0 Å². The zero-order valence-electron chi connectivity index (χ0n) is 12.1. The highest BCUT2D eigenvalue weighted by Crippen LogP contribution is 2.26. The van der Waals surface area contributed by atoms with Gasteiger partial charge in [0.25, 0.3) is 0 Å². The van der Waals surface area contributed by atoms with E-state index in [0.717, 1.165) is 37.9 Å². The Hall–Kier alpha value is -1.26. The minimum Gasteiger partial charge on any atom is -0.491 e. The average molecular weight is 311 g/mol. The van der Waals surface area contributed by atoms with Crippen molar-refractivity contribution in [1.29, 1.82) is 0 Å². The molecular formula is C16H23ClN2O2. The van der Waals surface area contributed by atoms with Crippen molar-refractivity contribution in [3.05, 3.63) is 29.8 Å². The molecule has 0 aromatic heterocycles. The zero-order chi connectivity index (χ0) is 13.9. The highest BCUT2D eigenvalue weighted by atomic mass is 35.5. The molecular weight excluding hydrogens is 288 g/mol. The summed E-state index contributed by atoms with van der Waals surface area (Å²) in [5, 5.41) is 3.13. The van der Waals surface area contributed by atoms with E-state index in [1.807, 2.05) is 18.2 Å². The van der Waals surface area contributed by atoms with Crippen LogP contribution in [0.4, 0.5) is 0 Å². The highest BCUT2D eigenvalue weighted by Gasteiger charge is 2.28. The standard InChI is InChI=1S/C16H22N2O2.ClH/c17-13-6-3-5-12(8-13)16(19)18-14-9-11-4-1-2-7-15(11)20-10-14;/h1-2,4,7,12-14H,3,5-6,8-10,17H2,(H,18,19);1H. The summed E-state index contributed by atoms with van der Waals surface area (Å²) in [4.78, 5) is 12.3. The van der Waals surface area contributed by atoms with Crippen LogP contribution in [-0.2, 0) is 11.2 Å². The van der Waals surface area contributed by atoms with Gasteiger partial charge in [0.05, 0.1) is 6.04 Å². The second-order valence-electron chi connectivity index (χ2n) is 5.95. The normalized spacial score (nSPS) is 27.8. The molecule has 1 fully saturated rings. The second kappa shape index (κ2) is 7.14. The number of hydrogen-bond donors (Lipinski definition) is 2. The first kappa shape index (κ1) is 16.1. The van der Waals surface area contributed by atoms with Gasteiger partial charge in [-0.05, 0) is 37.3 Å². The summed E-state index contributed by atoms with van der Waals surface area (Å²) in [5.41, 5.74) is 7.13. The summed E-state index contributed by atoms with van der Waals surface area (Å²) in [5.74, 6) is 1.17. The Morgan fingerprint density at radius 1 is 1.29 bits per heavy atom. The molecule has 1 amide bonds. The molecule has 116 valence electrons. The molecule has 1 saturated carbocycles. The second-order valence-corrected chi connectivity index (χ2v) is 5.95. The molecule has 0 bridgehead atoms. The number of carbonyl (C=O) groups excluding carboxylic acids is 1. The quantitative estimate of drug-likeness (QED) is 0.878. The SMILES string of the molecule is Cl.NC1CCCC(C(=O)NC2COc3ccccc3C2)C1. The van der Waals surface area contributed by atoms with Crippen LogP contribution in [-0.4, -0.2) is 24.6 Å². The number of amides is 1. The minimum absolute atomic E-state index is 0. The predicted octanol–water partition coefficient (Wildman–Crippen LogP) is 2.05. The summed E-state index contributed by atoms with van der Waals surface area (Å²) >= 11 is 0. The van der Waals surface area contributed by atoms with Crippen molar-refractivity contribution >= 4 is 18.3 Å². The van der Waals surface area contributed by atoms with Gasteiger partial charge in [-0.25, -0.2) is 0 Å². The maximum Gasteiger partial charge on any atom is 0.223 e. The zero-order valence-corrected chi connectivity index (χ0v) is 12.9. The molecule has 4 nitrogen and oxygen atoms in total. The van der Waals surface area contributed by atoms with E-state index < -0.39 is 0 Å². The maximum atomic E-state index is 12.3. The Kier molecular flexibility index (Phi) is 5.48. The topological polar surface area (TPSA) is 64.4 Å². The highest BCUT2D eigenvalue weighted by molar-refractivity contribution is 5.85. The molecule has 1 heterocycles. The van der Waals surface area contributed by atoms with Crippen LogP contribution in [0.5, 0.6) is 5.75 Å². The molecule has 3 N–H and O–H groups in total. The Bertz CT molecular complexity index is 495.